The Bertz CT molecular complexity index is 1320. The summed E-state index contributed by atoms with van der Waals surface area (Å²) < 4.78 is 0. The molecule has 3 aromatic rings. The van der Waals surface area contributed by atoms with Gasteiger partial charge in [0.05, 0.1) is 35.2 Å². The number of aryl methyl sites for hydroxylation is 2. The van der Waals surface area contributed by atoms with Crippen LogP contribution in [0.3, 0.4) is 0 Å². The SMILES string of the molecule is Cc1cc(CCCN)c(C#N)cc1Nc1nccc(-c2cc(C#N)c3c(c2)[C@@](C)(CO)CN3)n1. The highest BCUT2D eigenvalue weighted by molar-refractivity contribution is 5.76. The van der Waals surface area contributed by atoms with E-state index in [1.165, 1.54) is 0 Å². The standard InChI is InChI=1S/C26H27N7O/c1-16-8-17(4-3-6-27)19(12-28)11-23(16)33-25-30-7-5-22(32-25)18-9-20(13-29)24-21(10-18)26(2,15-34)14-31-24/h5,7-11,31,34H,3-4,6,14-15,27H2,1-2H3,(H,30,32,33)/t26-/m1/s1. The second-order valence-electron chi connectivity index (χ2n) is 8.85. The summed E-state index contributed by atoms with van der Waals surface area (Å²) in [5.74, 6) is 0.390. The van der Waals surface area contributed by atoms with Gasteiger partial charge in [0.2, 0.25) is 5.95 Å². The molecule has 5 N–H and O–H groups in total. The van der Waals surface area contributed by atoms with Crippen molar-refractivity contribution in [2.45, 2.75) is 32.1 Å². The quantitative estimate of drug-likeness (QED) is 0.425. The minimum atomic E-state index is -0.471. The van der Waals surface area contributed by atoms with E-state index in [1.807, 2.05) is 32.0 Å². The number of anilines is 3. The lowest BCUT2D eigenvalue weighted by Crippen LogP contribution is -2.28. The Hall–Kier alpha value is -3.98. The van der Waals surface area contributed by atoms with E-state index < -0.39 is 5.41 Å². The first-order chi connectivity index (χ1) is 16.4. The maximum absolute atomic E-state index is 9.95. The van der Waals surface area contributed by atoms with Crippen molar-refractivity contribution in [3.05, 3.63) is 64.3 Å². The highest BCUT2D eigenvalue weighted by Crippen LogP contribution is 2.41. The highest BCUT2D eigenvalue weighted by atomic mass is 16.3. The molecule has 0 saturated heterocycles. The largest absolute Gasteiger partial charge is 0.395 e. The van der Waals surface area contributed by atoms with Crippen LogP contribution in [0.4, 0.5) is 17.3 Å². The van der Waals surface area contributed by atoms with E-state index in [0.29, 0.717) is 35.9 Å². The normalized spacial score (nSPS) is 16.3. The van der Waals surface area contributed by atoms with Crippen LogP contribution in [0.1, 0.15) is 41.2 Å². The van der Waals surface area contributed by atoms with Crippen LogP contribution >= 0.6 is 0 Å². The lowest BCUT2D eigenvalue weighted by Gasteiger charge is -2.21. The first kappa shape index (κ1) is 23.2. The lowest BCUT2D eigenvalue weighted by molar-refractivity contribution is 0.219. The monoisotopic (exact) mass is 453 g/mol. The molecule has 0 radical (unpaired) electrons. The number of aliphatic hydroxyl groups is 1. The number of aliphatic hydroxyl groups excluding tert-OH is 1. The number of nitriles is 2. The molecule has 0 bridgehead atoms. The van der Waals surface area contributed by atoms with Gasteiger partial charge in [-0.15, -0.1) is 0 Å². The average molecular weight is 454 g/mol. The molecule has 1 aliphatic rings. The first-order valence-electron chi connectivity index (χ1n) is 11.2. The van der Waals surface area contributed by atoms with Gasteiger partial charge in [-0.1, -0.05) is 13.0 Å². The van der Waals surface area contributed by atoms with Crippen LogP contribution in [0.25, 0.3) is 11.3 Å². The van der Waals surface area contributed by atoms with Crippen molar-refractivity contribution in [1.82, 2.24) is 9.97 Å². The molecule has 0 saturated carbocycles. The molecule has 0 spiro atoms. The molecule has 4 rings (SSSR count). The van der Waals surface area contributed by atoms with Crippen LogP contribution in [0, 0.1) is 29.6 Å². The van der Waals surface area contributed by atoms with E-state index in [0.717, 1.165) is 46.5 Å². The minimum Gasteiger partial charge on any atom is -0.395 e. The number of aromatic nitrogens is 2. The number of rotatable bonds is 7. The van der Waals surface area contributed by atoms with Gasteiger partial charge in [-0.05, 0) is 67.3 Å². The zero-order chi connectivity index (χ0) is 24.3. The van der Waals surface area contributed by atoms with Crippen LogP contribution in [-0.2, 0) is 11.8 Å². The van der Waals surface area contributed by atoms with Gasteiger partial charge < -0.3 is 21.5 Å². The number of fused-ring (bicyclic) bond motifs is 1. The van der Waals surface area contributed by atoms with Gasteiger partial charge in [-0.2, -0.15) is 10.5 Å². The second kappa shape index (κ2) is 9.48. The molecule has 34 heavy (non-hydrogen) atoms. The van der Waals surface area contributed by atoms with Crippen molar-refractivity contribution in [1.29, 1.82) is 10.5 Å². The van der Waals surface area contributed by atoms with Crippen LogP contribution in [0.15, 0.2) is 36.5 Å². The smallest absolute Gasteiger partial charge is 0.227 e. The summed E-state index contributed by atoms with van der Waals surface area (Å²) in [5.41, 5.74) is 12.1. The fraction of sp³-hybridized carbons (Fsp3) is 0.308. The molecule has 0 fully saturated rings. The maximum Gasteiger partial charge on any atom is 0.227 e. The number of benzene rings is 2. The van der Waals surface area contributed by atoms with E-state index in [9.17, 15) is 15.6 Å². The Morgan fingerprint density at radius 1 is 1.21 bits per heavy atom. The summed E-state index contributed by atoms with van der Waals surface area (Å²) in [7, 11) is 0. The van der Waals surface area contributed by atoms with Crippen molar-refractivity contribution >= 4 is 17.3 Å². The maximum atomic E-state index is 9.95. The van der Waals surface area contributed by atoms with E-state index in [4.69, 9.17) is 5.73 Å². The van der Waals surface area contributed by atoms with E-state index >= 15 is 0 Å². The second-order valence-corrected chi connectivity index (χ2v) is 8.85. The van der Waals surface area contributed by atoms with Crippen LogP contribution in [-0.4, -0.2) is 34.8 Å². The molecule has 0 unspecified atom stereocenters. The predicted octanol–water partition coefficient (Wildman–Crippen LogP) is 3.51. The van der Waals surface area contributed by atoms with Gasteiger partial charge in [0.1, 0.15) is 6.07 Å². The minimum absolute atomic E-state index is 0.0281. The summed E-state index contributed by atoms with van der Waals surface area (Å²) in [6.45, 7) is 5.06. The molecule has 172 valence electrons. The molecular formula is C26H27N7O. The Morgan fingerprint density at radius 3 is 2.71 bits per heavy atom. The van der Waals surface area contributed by atoms with Crippen molar-refractivity contribution in [3.8, 4) is 23.4 Å². The van der Waals surface area contributed by atoms with E-state index in [-0.39, 0.29) is 6.61 Å². The first-order valence-corrected chi connectivity index (χ1v) is 11.2. The number of nitrogens with two attached hydrogens (primary N) is 1. The van der Waals surface area contributed by atoms with Crippen LogP contribution in [0.5, 0.6) is 0 Å². The molecular weight excluding hydrogens is 426 g/mol. The van der Waals surface area contributed by atoms with Gasteiger partial charge in [0.15, 0.2) is 0 Å². The molecule has 0 aliphatic carbocycles. The highest BCUT2D eigenvalue weighted by Gasteiger charge is 2.36. The van der Waals surface area contributed by atoms with Crippen molar-refractivity contribution < 1.29 is 5.11 Å². The molecule has 8 nitrogen and oxygen atoms in total. The lowest BCUT2D eigenvalue weighted by atomic mass is 9.83. The fourth-order valence-corrected chi connectivity index (χ4v) is 4.27. The number of hydrogen-bond acceptors (Lipinski definition) is 8. The molecule has 1 atom stereocenters. The zero-order valence-electron chi connectivity index (χ0n) is 19.3. The Morgan fingerprint density at radius 2 is 2.00 bits per heavy atom. The van der Waals surface area contributed by atoms with Crippen LogP contribution < -0.4 is 16.4 Å². The van der Waals surface area contributed by atoms with Crippen molar-refractivity contribution in [2.75, 3.05) is 30.3 Å². The molecule has 2 heterocycles. The summed E-state index contributed by atoms with van der Waals surface area (Å²) in [4.78, 5) is 9.02. The summed E-state index contributed by atoms with van der Waals surface area (Å²) >= 11 is 0. The average Bonchev–Trinajstić information content (AvgIpc) is 3.20. The fourth-order valence-electron chi connectivity index (χ4n) is 4.27. The van der Waals surface area contributed by atoms with Crippen molar-refractivity contribution in [2.24, 2.45) is 5.73 Å². The molecule has 2 aromatic carbocycles. The molecule has 1 aliphatic heterocycles. The Kier molecular flexibility index (Phi) is 6.47. The summed E-state index contributed by atoms with van der Waals surface area (Å²) in [6.07, 6.45) is 3.24. The summed E-state index contributed by atoms with van der Waals surface area (Å²) in [5, 5.41) is 35.7. The number of nitrogens with one attached hydrogen (secondary N) is 2. The molecule has 0 amide bonds. The van der Waals surface area contributed by atoms with E-state index in [1.54, 1.807) is 18.3 Å². The van der Waals surface area contributed by atoms with Gasteiger partial charge in [0.25, 0.3) is 0 Å². The molecule has 8 heteroatoms. The van der Waals surface area contributed by atoms with Gasteiger partial charge in [-0.25, -0.2) is 9.97 Å². The topological polar surface area (TPSA) is 144 Å². The van der Waals surface area contributed by atoms with Gasteiger partial charge in [0, 0.05) is 29.4 Å². The number of nitrogens with zero attached hydrogens (tertiary/aromatic N) is 4. The molecule has 1 aromatic heterocycles. The number of hydrogen-bond donors (Lipinski definition) is 4. The Balaban J connectivity index is 1.69. The predicted molar refractivity (Wildman–Crippen MR) is 132 cm³/mol. The third-order valence-corrected chi connectivity index (χ3v) is 6.33. The van der Waals surface area contributed by atoms with Gasteiger partial charge >= 0.3 is 0 Å². The van der Waals surface area contributed by atoms with Crippen molar-refractivity contribution in [3.63, 3.8) is 0 Å². The van der Waals surface area contributed by atoms with Crippen LogP contribution in [0.2, 0.25) is 0 Å². The Labute approximate surface area is 199 Å². The summed E-state index contributed by atoms with van der Waals surface area (Å²) in [6, 6.07) is 13.9. The third-order valence-electron chi connectivity index (χ3n) is 6.33. The third kappa shape index (κ3) is 4.29. The van der Waals surface area contributed by atoms with E-state index in [2.05, 4.69) is 32.7 Å². The zero-order valence-corrected chi connectivity index (χ0v) is 19.3. The van der Waals surface area contributed by atoms with Gasteiger partial charge in [-0.3, -0.25) is 0 Å².